The molecule has 0 aromatic carbocycles. The molecule has 6 heteroatoms. The van der Waals surface area contributed by atoms with Crippen molar-refractivity contribution in [2.24, 2.45) is 5.92 Å². The van der Waals surface area contributed by atoms with E-state index in [-0.39, 0.29) is 16.6 Å². The average molecular weight is 326 g/mol. The first-order valence-corrected chi connectivity index (χ1v) is 8.32. The Morgan fingerprint density at radius 1 is 1.43 bits per heavy atom. The highest BCUT2D eigenvalue weighted by Crippen LogP contribution is 2.18. The lowest BCUT2D eigenvalue weighted by molar-refractivity contribution is 0.464. The quantitative estimate of drug-likeness (QED) is 0.881. The molecule has 2 aromatic heterocycles. The van der Waals surface area contributed by atoms with Crippen LogP contribution in [0, 0.1) is 5.92 Å². The van der Waals surface area contributed by atoms with E-state index in [0.717, 1.165) is 6.42 Å². The summed E-state index contributed by atoms with van der Waals surface area (Å²) in [6, 6.07) is 2.28. The van der Waals surface area contributed by atoms with Crippen molar-refractivity contribution in [3.05, 3.63) is 44.0 Å². The lowest BCUT2D eigenvalue weighted by Gasteiger charge is -2.16. The van der Waals surface area contributed by atoms with Crippen LogP contribution in [0.3, 0.4) is 0 Å². The molecule has 0 radical (unpaired) electrons. The van der Waals surface area contributed by atoms with Gasteiger partial charge >= 0.3 is 0 Å². The van der Waals surface area contributed by atoms with Crippen LogP contribution in [0.15, 0.2) is 27.8 Å². The van der Waals surface area contributed by atoms with Crippen LogP contribution in [-0.4, -0.2) is 15.8 Å². The molecule has 0 spiro atoms. The van der Waals surface area contributed by atoms with E-state index in [2.05, 4.69) is 34.2 Å². The zero-order valence-corrected chi connectivity index (χ0v) is 14.0. The molecule has 1 atom stereocenters. The number of hydrogen-bond acceptors (Lipinski definition) is 4. The standard InChI is InChI=1S/C15H20ClN3OS/c1-10(2)8-19-15(20)14(16)13(7-17-19)18-11(3)6-12-4-5-21-9-12/h4-5,7,9-11,18H,6,8H2,1-3H3. The first kappa shape index (κ1) is 16.0. The fourth-order valence-corrected chi connectivity index (χ4v) is 3.00. The zero-order chi connectivity index (χ0) is 15.4. The third kappa shape index (κ3) is 4.32. The lowest BCUT2D eigenvalue weighted by atomic mass is 10.1. The highest BCUT2D eigenvalue weighted by molar-refractivity contribution is 7.07. The minimum Gasteiger partial charge on any atom is -0.380 e. The first-order chi connectivity index (χ1) is 9.97. The summed E-state index contributed by atoms with van der Waals surface area (Å²) in [5, 5.41) is 11.8. The van der Waals surface area contributed by atoms with Crippen LogP contribution < -0.4 is 10.9 Å². The van der Waals surface area contributed by atoms with E-state index >= 15 is 0 Å². The van der Waals surface area contributed by atoms with Gasteiger partial charge in [-0.25, -0.2) is 4.68 Å². The van der Waals surface area contributed by atoms with E-state index in [1.54, 1.807) is 17.5 Å². The van der Waals surface area contributed by atoms with Gasteiger partial charge in [-0.15, -0.1) is 0 Å². The van der Waals surface area contributed by atoms with Crippen molar-refractivity contribution >= 4 is 28.6 Å². The summed E-state index contributed by atoms with van der Waals surface area (Å²) in [5.41, 5.74) is 1.64. The summed E-state index contributed by atoms with van der Waals surface area (Å²) in [6.45, 7) is 6.71. The van der Waals surface area contributed by atoms with Gasteiger partial charge < -0.3 is 5.32 Å². The summed E-state index contributed by atoms with van der Waals surface area (Å²) in [4.78, 5) is 12.2. The molecule has 2 heterocycles. The Hall–Kier alpha value is -1.33. The Balaban J connectivity index is 2.10. The molecule has 0 aliphatic heterocycles. The molecule has 4 nitrogen and oxygen atoms in total. The van der Waals surface area contributed by atoms with Crippen molar-refractivity contribution in [1.82, 2.24) is 9.78 Å². The number of nitrogens with one attached hydrogen (secondary N) is 1. The molecule has 1 unspecified atom stereocenters. The summed E-state index contributed by atoms with van der Waals surface area (Å²) in [5.74, 6) is 0.350. The number of anilines is 1. The van der Waals surface area contributed by atoms with Gasteiger partial charge in [0.05, 0.1) is 11.9 Å². The van der Waals surface area contributed by atoms with Crippen LogP contribution in [-0.2, 0) is 13.0 Å². The molecule has 0 bridgehead atoms. The number of aromatic nitrogens is 2. The molecule has 114 valence electrons. The predicted molar refractivity (Wildman–Crippen MR) is 89.5 cm³/mol. The van der Waals surface area contributed by atoms with Gasteiger partial charge in [0.15, 0.2) is 0 Å². The van der Waals surface area contributed by atoms with Gasteiger partial charge in [-0.3, -0.25) is 4.79 Å². The second-order valence-corrected chi connectivity index (χ2v) is 6.79. The SMILES string of the molecule is CC(C)Cn1ncc(NC(C)Cc2ccsc2)c(Cl)c1=O. The summed E-state index contributed by atoms with van der Waals surface area (Å²) < 4.78 is 1.42. The van der Waals surface area contributed by atoms with Gasteiger partial charge in [-0.05, 0) is 41.7 Å². The zero-order valence-electron chi connectivity index (χ0n) is 12.5. The van der Waals surface area contributed by atoms with Gasteiger partial charge in [-0.1, -0.05) is 25.4 Å². The molecule has 0 saturated carbocycles. The number of nitrogens with zero attached hydrogens (tertiary/aromatic N) is 2. The van der Waals surface area contributed by atoms with Crippen molar-refractivity contribution in [1.29, 1.82) is 0 Å². The number of halogens is 1. The van der Waals surface area contributed by atoms with E-state index < -0.39 is 0 Å². The van der Waals surface area contributed by atoms with Gasteiger partial charge in [0.25, 0.3) is 5.56 Å². The van der Waals surface area contributed by atoms with Crippen molar-refractivity contribution in [2.75, 3.05) is 5.32 Å². The minimum atomic E-state index is -0.238. The first-order valence-electron chi connectivity index (χ1n) is 7.00. The van der Waals surface area contributed by atoms with Gasteiger partial charge in [0.2, 0.25) is 0 Å². The molecule has 2 aromatic rings. The maximum Gasteiger partial charge on any atom is 0.287 e. The molecule has 0 saturated heterocycles. The molecular weight excluding hydrogens is 306 g/mol. The molecule has 0 aliphatic rings. The van der Waals surface area contributed by atoms with E-state index in [9.17, 15) is 4.79 Å². The lowest BCUT2D eigenvalue weighted by Crippen LogP contribution is -2.27. The van der Waals surface area contributed by atoms with Gasteiger partial charge in [0.1, 0.15) is 5.02 Å². The van der Waals surface area contributed by atoms with Crippen molar-refractivity contribution in [3.63, 3.8) is 0 Å². The fraction of sp³-hybridized carbons (Fsp3) is 0.467. The molecule has 1 N–H and O–H groups in total. The van der Waals surface area contributed by atoms with Crippen LogP contribution >= 0.6 is 22.9 Å². The van der Waals surface area contributed by atoms with E-state index in [1.165, 1.54) is 10.2 Å². The third-order valence-corrected chi connectivity index (χ3v) is 4.14. The second kappa shape index (κ2) is 7.09. The minimum absolute atomic E-state index is 0.180. The van der Waals surface area contributed by atoms with Gasteiger partial charge in [0, 0.05) is 12.6 Å². The van der Waals surface area contributed by atoms with Crippen LogP contribution in [0.1, 0.15) is 26.3 Å². The summed E-state index contributed by atoms with van der Waals surface area (Å²) >= 11 is 7.86. The fourth-order valence-electron chi connectivity index (χ4n) is 2.12. The van der Waals surface area contributed by atoms with Gasteiger partial charge in [-0.2, -0.15) is 16.4 Å². The highest BCUT2D eigenvalue weighted by atomic mass is 35.5. The van der Waals surface area contributed by atoms with Crippen LogP contribution in [0.5, 0.6) is 0 Å². The number of hydrogen-bond donors (Lipinski definition) is 1. The monoisotopic (exact) mass is 325 g/mol. The molecule has 2 rings (SSSR count). The molecule has 0 amide bonds. The smallest absolute Gasteiger partial charge is 0.287 e. The second-order valence-electron chi connectivity index (χ2n) is 5.63. The Labute approximate surface area is 133 Å². The highest BCUT2D eigenvalue weighted by Gasteiger charge is 2.12. The Morgan fingerprint density at radius 3 is 2.81 bits per heavy atom. The third-order valence-electron chi connectivity index (χ3n) is 3.05. The predicted octanol–water partition coefficient (Wildman–Crippen LogP) is 3.66. The van der Waals surface area contributed by atoms with Crippen molar-refractivity contribution in [2.45, 2.75) is 39.8 Å². The molecule has 21 heavy (non-hydrogen) atoms. The van der Waals surface area contributed by atoms with E-state index in [4.69, 9.17) is 11.6 Å². The molecule has 0 fully saturated rings. The van der Waals surface area contributed by atoms with Crippen LogP contribution in [0.2, 0.25) is 5.02 Å². The largest absolute Gasteiger partial charge is 0.380 e. The Morgan fingerprint density at radius 2 is 2.19 bits per heavy atom. The maximum atomic E-state index is 12.2. The summed E-state index contributed by atoms with van der Waals surface area (Å²) in [7, 11) is 0. The topological polar surface area (TPSA) is 46.9 Å². The normalized spacial score (nSPS) is 12.6. The summed E-state index contributed by atoms with van der Waals surface area (Å²) in [6.07, 6.45) is 2.52. The van der Waals surface area contributed by atoms with Crippen molar-refractivity contribution < 1.29 is 0 Å². The Kier molecular flexibility index (Phi) is 5.42. The Bertz CT molecular complexity index is 637. The van der Waals surface area contributed by atoms with Crippen LogP contribution in [0.25, 0.3) is 0 Å². The van der Waals surface area contributed by atoms with Crippen LogP contribution in [0.4, 0.5) is 5.69 Å². The molecule has 0 aliphatic carbocycles. The average Bonchev–Trinajstić information content (AvgIpc) is 2.91. The number of rotatable bonds is 6. The van der Waals surface area contributed by atoms with Crippen molar-refractivity contribution in [3.8, 4) is 0 Å². The number of thiophene rings is 1. The van der Waals surface area contributed by atoms with E-state index in [0.29, 0.717) is 18.2 Å². The maximum absolute atomic E-state index is 12.2. The van der Waals surface area contributed by atoms with E-state index in [1.807, 2.05) is 13.8 Å². The molecular formula is C15H20ClN3OS.